The second-order valence-electron chi connectivity index (χ2n) is 9.92. The van der Waals surface area contributed by atoms with Crippen LogP contribution in [0, 0.1) is 12.8 Å². The fourth-order valence-electron chi connectivity index (χ4n) is 6.96. The van der Waals surface area contributed by atoms with E-state index in [9.17, 15) is 4.79 Å². The number of aromatic nitrogens is 5. The highest BCUT2D eigenvalue weighted by molar-refractivity contribution is 5.88. The van der Waals surface area contributed by atoms with Crippen molar-refractivity contribution in [1.82, 2.24) is 30.5 Å². The summed E-state index contributed by atoms with van der Waals surface area (Å²) in [5.74, 6) is 2.04. The molecule has 7 rings (SSSR count). The van der Waals surface area contributed by atoms with Crippen LogP contribution >= 0.6 is 0 Å². The summed E-state index contributed by atoms with van der Waals surface area (Å²) < 4.78 is 0. The summed E-state index contributed by atoms with van der Waals surface area (Å²) in [5, 5.41) is 16.4. The molecule has 7 nitrogen and oxygen atoms in total. The molecular formula is C23H28N6O. The molecule has 2 aromatic heterocycles. The Morgan fingerprint density at radius 3 is 2.80 bits per heavy atom. The largest absolute Gasteiger partial charge is 0.361 e. The van der Waals surface area contributed by atoms with E-state index < -0.39 is 0 Å². The van der Waals surface area contributed by atoms with Crippen molar-refractivity contribution in [2.24, 2.45) is 5.92 Å². The number of fused-ring (bicyclic) bond motifs is 1. The van der Waals surface area contributed by atoms with Gasteiger partial charge in [-0.15, -0.1) is 10.2 Å². The van der Waals surface area contributed by atoms with Crippen molar-refractivity contribution in [3.05, 3.63) is 41.3 Å². The Balaban J connectivity index is 1.24. The Hall–Kier alpha value is -2.70. The van der Waals surface area contributed by atoms with Crippen LogP contribution < -0.4 is 0 Å². The first-order valence-corrected chi connectivity index (χ1v) is 11.2. The van der Waals surface area contributed by atoms with Crippen molar-refractivity contribution in [1.29, 1.82) is 0 Å². The second kappa shape index (κ2) is 6.40. The average molecular weight is 405 g/mol. The van der Waals surface area contributed by atoms with Crippen LogP contribution in [0.15, 0.2) is 24.4 Å². The molecule has 1 aromatic carbocycles. The Labute approximate surface area is 175 Å². The number of amides is 1. The normalized spacial score (nSPS) is 30.9. The lowest BCUT2D eigenvalue weighted by molar-refractivity contribution is -0.152. The molecule has 2 aliphatic heterocycles. The van der Waals surface area contributed by atoms with E-state index in [-0.39, 0.29) is 11.3 Å². The van der Waals surface area contributed by atoms with Gasteiger partial charge in [0.25, 0.3) is 0 Å². The SMILES string of the molecule is Cc1cccc2[nH]cc(C(C)CC(=O)N3C4CC5CC3CC(c3nn[nH]n3)(C5)C4)c12. The highest BCUT2D eigenvalue weighted by Crippen LogP contribution is 2.56. The molecule has 4 heterocycles. The Morgan fingerprint density at radius 2 is 2.07 bits per heavy atom. The van der Waals surface area contributed by atoms with E-state index in [4.69, 9.17) is 0 Å². The van der Waals surface area contributed by atoms with E-state index in [1.807, 2.05) is 0 Å². The molecule has 2 aliphatic carbocycles. The Kier molecular flexibility index (Phi) is 3.86. The first-order valence-electron chi connectivity index (χ1n) is 11.2. The molecule has 4 aliphatic rings. The van der Waals surface area contributed by atoms with Gasteiger partial charge < -0.3 is 9.88 Å². The third-order valence-corrected chi connectivity index (χ3v) is 7.99. The van der Waals surface area contributed by atoms with Crippen molar-refractivity contribution < 1.29 is 4.79 Å². The third kappa shape index (κ3) is 2.57. The fraction of sp³-hybridized carbons (Fsp3) is 0.565. The van der Waals surface area contributed by atoms with Crippen molar-refractivity contribution >= 4 is 16.8 Å². The van der Waals surface area contributed by atoms with E-state index in [0.29, 0.717) is 30.3 Å². The molecule has 7 heteroatoms. The van der Waals surface area contributed by atoms with Gasteiger partial charge in [0.1, 0.15) is 0 Å². The van der Waals surface area contributed by atoms with E-state index in [2.05, 4.69) is 68.8 Å². The maximum absolute atomic E-state index is 13.5. The van der Waals surface area contributed by atoms with Crippen LogP contribution in [0.2, 0.25) is 0 Å². The molecule has 0 radical (unpaired) electrons. The number of nitrogens with zero attached hydrogens (tertiary/aromatic N) is 4. The summed E-state index contributed by atoms with van der Waals surface area (Å²) in [5.41, 5.74) is 3.69. The number of carbonyl (C=O) groups is 1. The smallest absolute Gasteiger partial charge is 0.223 e. The number of aromatic amines is 2. The van der Waals surface area contributed by atoms with Gasteiger partial charge in [0.05, 0.1) is 0 Å². The summed E-state index contributed by atoms with van der Waals surface area (Å²) in [7, 11) is 0. The minimum Gasteiger partial charge on any atom is -0.361 e. The number of rotatable bonds is 4. The van der Waals surface area contributed by atoms with Crippen LogP contribution in [-0.2, 0) is 10.2 Å². The molecule has 4 fully saturated rings. The summed E-state index contributed by atoms with van der Waals surface area (Å²) in [6, 6.07) is 6.97. The van der Waals surface area contributed by atoms with E-state index in [1.54, 1.807) is 0 Å². The van der Waals surface area contributed by atoms with E-state index in [1.165, 1.54) is 16.5 Å². The number of hydrogen-bond acceptors (Lipinski definition) is 4. The van der Waals surface area contributed by atoms with Crippen molar-refractivity contribution in [2.75, 3.05) is 0 Å². The number of carbonyl (C=O) groups excluding carboxylic acids is 1. The number of tetrazole rings is 1. The quantitative estimate of drug-likeness (QED) is 0.695. The van der Waals surface area contributed by atoms with E-state index >= 15 is 0 Å². The fourth-order valence-corrected chi connectivity index (χ4v) is 6.96. The van der Waals surface area contributed by atoms with Gasteiger partial charge in [-0.1, -0.05) is 24.3 Å². The zero-order valence-corrected chi connectivity index (χ0v) is 17.6. The topological polar surface area (TPSA) is 90.6 Å². The number of hydrogen-bond donors (Lipinski definition) is 2. The predicted molar refractivity (Wildman–Crippen MR) is 113 cm³/mol. The average Bonchev–Trinajstić information content (AvgIpc) is 3.38. The van der Waals surface area contributed by atoms with Gasteiger partial charge in [-0.25, -0.2) is 0 Å². The van der Waals surface area contributed by atoms with Gasteiger partial charge in [0.15, 0.2) is 5.82 Å². The van der Waals surface area contributed by atoms with Gasteiger partial charge in [-0.05, 0) is 68.1 Å². The number of aryl methyl sites for hydroxylation is 1. The van der Waals surface area contributed by atoms with Crippen molar-refractivity contribution in [3.8, 4) is 0 Å². The number of nitrogens with one attached hydrogen (secondary N) is 2. The molecule has 2 N–H and O–H groups in total. The summed E-state index contributed by atoms with van der Waals surface area (Å²) in [6.07, 6.45) is 8.01. The molecule has 2 saturated heterocycles. The summed E-state index contributed by atoms with van der Waals surface area (Å²) in [6.45, 7) is 4.33. The minimum absolute atomic E-state index is 0.0137. The predicted octanol–water partition coefficient (Wildman–Crippen LogP) is 3.59. The molecule has 2 saturated carbocycles. The van der Waals surface area contributed by atoms with Crippen LogP contribution in [0.25, 0.3) is 10.9 Å². The molecular weight excluding hydrogens is 376 g/mol. The third-order valence-electron chi connectivity index (χ3n) is 7.99. The van der Waals surface area contributed by atoms with Crippen LogP contribution in [0.5, 0.6) is 0 Å². The molecule has 4 bridgehead atoms. The number of H-pyrrole nitrogens is 2. The highest BCUT2D eigenvalue weighted by Gasteiger charge is 2.57. The molecule has 30 heavy (non-hydrogen) atoms. The Morgan fingerprint density at radius 1 is 1.27 bits per heavy atom. The molecule has 3 atom stereocenters. The maximum atomic E-state index is 13.5. The van der Waals surface area contributed by atoms with Gasteiger partial charge >= 0.3 is 0 Å². The second-order valence-corrected chi connectivity index (χ2v) is 9.92. The molecule has 3 aromatic rings. The minimum atomic E-state index is 0.0137. The molecule has 156 valence electrons. The zero-order valence-electron chi connectivity index (χ0n) is 17.6. The van der Waals surface area contributed by atoms with Crippen LogP contribution in [0.1, 0.15) is 68.3 Å². The standard InChI is InChI=1S/C23H28N6O/c1-13-4-3-5-19-21(13)18(12-24-19)14(2)6-20(30)29-16-7-15-8-17(29)11-23(9-15,10-16)22-25-27-28-26-22/h3-5,12,14-17,24H,6-11H2,1-2H3,(H,25,26,27,28). The van der Waals surface area contributed by atoms with Gasteiger partial charge in [0.2, 0.25) is 5.91 Å². The van der Waals surface area contributed by atoms with Crippen molar-refractivity contribution in [2.45, 2.75) is 75.8 Å². The van der Waals surface area contributed by atoms with Crippen LogP contribution in [-0.4, -0.2) is 48.5 Å². The van der Waals surface area contributed by atoms with Gasteiger partial charge in [-0.2, -0.15) is 5.21 Å². The zero-order chi connectivity index (χ0) is 20.5. The lowest BCUT2D eigenvalue weighted by Crippen LogP contribution is -2.64. The Bertz CT molecular complexity index is 1090. The van der Waals surface area contributed by atoms with Crippen molar-refractivity contribution in [3.63, 3.8) is 0 Å². The lowest BCUT2D eigenvalue weighted by atomic mass is 9.55. The molecule has 0 spiro atoms. The first kappa shape index (κ1) is 18.1. The lowest BCUT2D eigenvalue weighted by Gasteiger charge is -2.60. The van der Waals surface area contributed by atoms with Gasteiger partial charge in [-0.3, -0.25) is 4.79 Å². The van der Waals surface area contributed by atoms with Crippen LogP contribution in [0.4, 0.5) is 0 Å². The van der Waals surface area contributed by atoms with E-state index in [0.717, 1.165) is 43.4 Å². The number of benzene rings is 1. The molecule has 3 unspecified atom stereocenters. The monoisotopic (exact) mass is 404 g/mol. The van der Waals surface area contributed by atoms with Gasteiger partial charge in [0, 0.05) is 41.0 Å². The highest BCUT2D eigenvalue weighted by atomic mass is 16.2. The van der Waals surface area contributed by atoms with Crippen LogP contribution in [0.3, 0.4) is 0 Å². The summed E-state index contributed by atoms with van der Waals surface area (Å²) in [4.78, 5) is 19.1. The maximum Gasteiger partial charge on any atom is 0.223 e. The number of piperidine rings is 2. The molecule has 1 amide bonds. The summed E-state index contributed by atoms with van der Waals surface area (Å²) >= 11 is 0. The first-order chi connectivity index (χ1) is 14.5.